The average Bonchev–Trinajstić information content (AvgIpc) is 2.60. The zero-order valence-electron chi connectivity index (χ0n) is 11.4. The first-order valence-corrected chi connectivity index (χ1v) is 7.80. The molecule has 1 saturated heterocycles. The molecule has 0 bridgehead atoms. The van der Waals surface area contributed by atoms with Crippen molar-refractivity contribution in [3.63, 3.8) is 0 Å². The largest absolute Gasteiger partial charge is 0.329 e. The smallest absolute Gasteiger partial charge is 0.0595 e. The Bertz CT molecular complexity index is 423. The summed E-state index contributed by atoms with van der Waals surface area (Å²) < 4.78 is 0. The molecule has 1 aromatic rings. The van der Waals surface area contributed by atoms with Gasteiger partial charge in [0.2, 0.25) is 0 Å². The van der Waals surface area contributed by atoms with Gasteiger partial charge in [0.05, 0.1) is 10.0 Å². The van der Waals surface area contributed by atoms with Crippen molar-refractivity contribution >= 4 is 23.2 Å². The van der Waals surface area contributed by atoms with E-state index in [4.69, 9.17) is 28.9 Å². The highest BCUT2D eigenvalue weighted by molar-refractivity contribution is 6.42. The first kappa shape index (κ1) is 15.1. The molecule has 0 spiro atoms. The molecule has 0 aromatic heterocycles. The average molecular weight is 301 g/mol. The summed E-state index contributed by atoms with van der Waals surface area (Å²) in [6.07, 6.45) is 5.13. The van der Waals surface area contributed by atoms with Crippen molar-refractivity contribution in [3.05, 3.63) is 33.8 Å². The number of nitrogens with zero attached hydrogens (tertiary/aromatic N) is 1. The molecule has 2 rings (SSSR count). The number of hydrogen-bond donors (Lipinski definition) is 1. The van der Waals surface area contributed by atoms with Crippen LogP contribution in [0.2, 0.25) is 10.0 Å². The Morgan fingerprint density at radius 1 is 1.26 bits per heavy atom. The summed E-state index contributed by atoms with van der Waals surface area (Å²) in [5.41, 5.74) is 7.19. The summed E-state index contributed by atoms with van der Waals surface area (Å²) in [5, 5.41) is 1.21. The highest BCUT2D eigenvalue weighted by atomic mass is 35.5. The summed E-state index contributed by atoms with van der Waals surface area (Å²) in [4.78, 5) is 2.52. The standard InChI is InChI=1S/C15H22Cl2N2/c1-11-5-3-2-4-8-19(11)15(10-18)12-6-7-13(16)14(17)9-12/h6-7,9,11,15H,2-5,8,10,18H2,1H3. The van der Waals surface area contributed by atoms with Crippen LogP contribution in [0, 0.1) is 0 Å². The molecule has 0 radical (unpaired) electrons. The molecule has 0 amide bonds. The van der Waals surface area contributed by atoms with Gasteiger partial charge < -0.3 is 5.73 Å². The van der Waals surface area contributed by atoms with E-state index in [2.05, 4.69) is 11.8 Å². The second-order valence-electron chi connectivity index (χ2n) is 5.36. The Morgan fingerprint density at radius 3 is 2.74 bits per heavy atom. The molecule has 0 saturated carbocycles. The van der Waals surface area contributed by atoms with Crippen LogP contribution in [-0.2, 0) is 0 Å². The van der Waals surface area contributed by atoms with Crippen LogP contribution in [-0.4, -0.2) is 24.0 Å². The molecule has 1 aromatic carbocycles. The van der Waals surface area contributed by atoms with Crippen LogP contribution in [0.15, 0.2) is 18.2 Å². The van der Waals surface area contributed by atoms with Gasteiger partial charge in [-0.3, -0.25) is 4.90 Å². The van der Waals surface area contributed by atoms with Crippen molar-refractivity contribution in [1.82, 2.24) is 4.90 Å². The highest BCUT2D eigenvalue weighted by Crippen LogP contribution is 2.31. The lowest BCUT2D eigenvalue weighted by Crippen LogP contribution is -2.39. The summed E-state index contributed by atoms with van der Waals surface area (Å²) in [5.74, 6) is 0. The maximum Gasteiger partial charge on any atom is 0.0595 e. The summed E-state index contributed by atoms with van der Waals surface area (Å²) in [6, 6.07) is 6.68. The van der Waals surface area contributed by atoms with E-state index in [0.717, 1.165) is 6.54 Å². The first-order valence-electron chi connectivity index (χ1n) is 7.04. The summed E-state index contributed by atoms with van der Waals surface area (Å²) in [6.45, 7) is 4.02. The molecule has 1 aliphatic heterocycles. The monoisotopic (exact) mass is 300 g/mol. The molecule has 19 heavy (non-hydrogen) atoms. The van der Waals surface area contributed by atoms with E-state index in [1.165, 1.54) is 31.2 Å². The van der Waals surface area contributed by atoms with Crippen molar-refractivity contribution in [1.29, 1.82) is 0 Å². The Kier molecular flexibility index (Phi) is 5.52. The number of halogens is 2. The van der Waals surface area contributed by atoms with Crippen LogP contribution in [0.4, 0.5) is 0 Å². The fraction of sp³-hybridized carbons (Fsp3) is 0.600. The third kappa shape index (κ3) is 3.63. The Morgan fingerprint density at radius 2 is 2.05 bits per heavy atom. The lowest BCUT2D eigenvalue weighted by atomic mass is 10.0. The molecular weight excluding hydrogens is 279 g/mol. The predicted octanol–water partition coefficient (Wildman–Crippen LogP) is 4.26. The number of likely N-dealkylation sites (tertiary alicyclic amines) is 1. The fourth-order valence-electron chi connectivity index (χ4n) is 2.94. The molecule has 106 valence electrons. The Labute approximate surface area is 125 Å². The third-order valence-corrected chi connectivity index (χ3v) is 4.80. The lowest BCUT2D eigenvalue weighted by molar-refractivity contribution is 0.151. The molecule has 2 unspecified atom stereocenters. The minimum atomic E-state index is 0.239. The van der Waals surface area contributed by atoms with Gasteiger partial charge in [0, 0.05) is 18.6 Å². The maximum atomic E-state index is 6.13. The van der Waals surface area contributed by atoms with Gasteiger partial charge in [-0.15, -0.1) is 0 Å². The van der Waals surface area contributed by atoms with Crippen LogP contribution in [0.1, 0.15) is 44.2 Å². The number of nitrogens with two attached hydrogens (primary N) is 1. The van der Waals surface area contributed by atoms with E-state index >= 15 is 0 Å². The zero-order valence-corrected chi connectivity index (χ0v) is 12.9. The Balaban J connectivity index is 2.24. The van der Waals surface area contributed by atoms with Crippen molar-refractivity contribution in [2.45, 2.75) is 44.7 Å². The molecule has 1 heterocycles. The van der Waals surface area contributed by atoms with Crippen LogP contribution in [0.3, 0.4) is 0 Å². The van der Waals surface area contributed by atoms with Crippen molar-refractivity contribution in [3.8, 4) is 0 Å². The minimum Gasteiger partial charge on any atom is -0.329 e. The molecule has 4 heteroatoms. The SMILES string of the molecule is CC1CCCCCN1C(CN)c1ccc(Cl)c(Cl)c1. The van der Waals surface area contributed by atoms with Crippen LogP contribution in [0.25, 0.3) is 0 Å². The van der Waals surface area contributed by atoms with Crippen LogP contribution >= 0.6 is 23.2 Å². The predicted molar refractivity (Wildman–Crippen MR) is 82.9 cm³/mol. The van der Waals surface area contributed by atoms with E-state index in [1.54, 1.807) is 0 Å². The summed E-state index contributed by atoms with van der Waals surface area (Å²) >= 11 is 12.1. The fourth-order valence-corrected chi connectivity index (χ4v) is 3.25. The minimum absolute atomic E-state index is 0.239. The van der Waals surface area contributed by atoms with Gasteiger partial charge in [-0.25, -0.2) is 0 Å². The second kappa shape index (κ2) is 6.94. The molecule has 2 N–H and O–H groups in total. The first-order chi connectivity index (χ1) is 9.13. The molecular formula is C15H22Cl2N2. The van der Waals surface area contributed by atoms with Gasteiger partial charge in [-0.05, 0) is 44.0 Å². The maximum absolute atomic E-state index is 6.13. The second-order valence-corrected chi connectivity index (χ2v) is 6.18. The van der Waals surface area contributed by atoms with Crippen molar-refractivity contribution in [2.24, 2.45) is 5.73 Å². The molecule has 2 nitrogen and oxygen atoms in total. The van der Waals surface area contributed by atoms with Gasteiger partial charge >= 0.3 is 0 Å². The lowest BCUT2D eigenvalue weighted by Gasteiger charge is -2.35. The van der Waals surface area contributed by atoms with Gasteiger partial charge in [0.15, 0.2) is 0 Å². The van der Waals surface area contributed by atoms with Crippen molar-refractivity contribution < 1.29 is 0 Å². The molecule has 1 aliphatic rings. The van der Waals surface area contributed by atoms with E-state index in [1.807, 2.05) is 18.2 Å². The van der Waals surface area contributed by atoms with E-state index in [0.29, 0.717) is 22.6 Å². The van der Waals surface area contributed by atoms with E-state index in [-0.39, 0.29) is 6.04 Å². The highest BCUT2D eigenvalue weighted by Gasteiger charge is 2.25. The van der Waals surface area contributed by atoms with Gasteiger partial charge in [0.1, 0.15) is 0 Å². The molecule has 1 fully saturated rings. The van der Waals surface area contributed by atoms with Crippen molar-refractivity contribution in [2.75, 3.05) is 13.1 Å². The topological polar surface area (TPSA) is 29.3 Å². The van der Waals surface area contributed by atoms with E-state index in [9.17, 15) is 0 Å². The third-order valence-electron chi connectivity index (χ3n) is 4.06. The normalized spacial score (nSPS) is 23.1. The number of hydrogen-bond acceptors (Lipinski definition) is 2. The zero-order chi connectivity index (χ0) is 13.8. The molecule has 0 aliphatic carbocycles. The van der Waals surface area contributed by atoms with Gasteiger partial charge in [0.25, 0.3) is 0 Å². The number of benzene rings is 1. The number of rotatable bonds is 3. The van der Waals surface area contributed by atoms with Gasteiger partial charge in [-0.2, -0.15) is 0 Å². The Hall–Kier alpha value is -0.280. The van der Waals surface area contributed by atoms with Crippen LogP contribution in [0.5, 0.6) is 0 Å². The quantitative estimate of drug-likeness (QED) is 0.904. The van der Waals surface area contributed by atoms with Crippen LogP contribution < -0.4 is 5.73 Å². The van der Waals surface area contributed by atoms with E-state index < -0.39 is 0 Å². The summed E-state index contributed by atoms with van der Waals surface area (Å²) in [7, 11) is 0. The van der Waals surface area contributed by atoms with Gasteiger partial charge in [-0.1, -0.05) is 42.1 Å². The molecule has 2 atom stereocenters.